The zero-order valence-electron chi connectivity index (χ0n) is 14.7. The van der Waals surface area contributed by atoms with Crippen LogP contribution in [0, 0.1) is 18.3 Å². The van der Waals surface area contributed by atoms with Crippen LogP contribution in [0.4, 0.5) is 0 Å². The van der Waals surface area contributed by atoms with Crippen LogP contribution in [0.1, 0.15) is 22.9 Å². The van der Waals surface area contributed by atoms with Crippen molar-refractivity contribution in [2.75, 3.05) is 26.2 Å². The van der Waals surface area contributed by atoms with Crippen molar-refractivity contribution in [2.24, 2.45) is 11.3 Å². The lowest BCUT2D eigenvalue weighted by Crippen LogP contribution is -2.25. The molecule has 4 nitrogen and oxygen atoms in total. The molecule has 1 saturated heterocycles. The van der Waals surface area contributed by atoms with Crippen LogP contribution in [-0.2, 0) is 6.42 Å². The molecular weight excluding hydrogens is 312 g/mol. The van der Waals surface area contributed by atoms with Crippen molar-refractivity contribution in [3.05, 3.63) is 65.5 Å². The number of hydrogen-bond donors (Lipinski definition) is 2. The van der Waals surface area contributed by atoms with Crippen LogP contribution >= 0.6 is 0 Å². The number of aryl methyl sites for hydroxylation is 1. The van der Waals surface area contributed by atoms with Crippen LogP contribution in [0.2, 0.25) is 0 Å². The molecule has 0 radical (unpaired) electrons. The highest BCUT2D eigenvalue weighted by atomic mass is 16.3. The van der Waals surface area contributed by atoms with Crippen molar-refractivity contribution in [1.82, 2.24) is 9.88 Å². The van der Waals surface area contributed by atoms with E-state index >= 15 is 0 Å². The number of aliphatic hydroxyl groups is 2. The Hall–Kier alpha value is -1.75. The zero-order valence-corrected chi connectivity index (χ0v) is 14.7. The predicted molar refractivity (Wildman–Crippen MR) is 97.3 cm³/mol. The first-order valence-electron chi connectivity index (χ1n) is 9.14. The standard InChI is InChI=1S/C21H26N2O2/c1-15-6-5-9-17(22-15)10-11-23-12-19(25)21(14-23)18(13-24)20(21)16-7-3-2-4-8-16/h2-9,18-20,24-25H,10-14H2,1H3/t18-,19-,20-,21-/m1/s1. The molecule has 1 aromatic carbocycles. The minimum Gasteiger partial charge on any atom is -0.396 e. The lowest BCUT2D eigenvalue weighted by molar-refractivity contribution is 0.111. The van der Waals surface area contributed by atoms with Crippen molar-refractivity contribution in [3.8, 4) is 0 Å². The summed E-state index contributed by atoms with van der Waals surface area (Å²) in [5.74, 6) is 0.419. The lowest BCUT2D eigenvalue weighted by Gasteiger charge is -2.16. The van der Waals surface area contributed by atoms with Gasteiger partial charge >= 0.3 is 0 Å². The zero-order chi connectivity index (χ0) is 17.4. The Morgan fingerprint density at radius 3 is 2.68 bits per heavy atom. The number of rotatable bonds is 5. The molecule has 2 aliphatic rings. The summed E-state index contributed by atoms with van der Waals surface area (Å²) in [6.07, 6.45) is 0.518. The first kappa shape index (κ1) is 16.7. The second kappa shape index (κ2) is 6.52. The quantitative estimate of drug-likeness (QED) is 0.876. The molecule has 1 spiro atoms. The van der Waals surface area contributed by atoms with Gasteiger partial charge in [-0.05, 0) is 36.5 Å². The van der Waals surface area contributed by atoms with Crippen molar-refractivity contribution in [2.45, 2.75) is 25.4 Å². The minimum absolute atomic E-state index is 0.143. The molecule has 25 heavy (non-hydrogen) atoms. The molecule has 1 aliphatic carbocycles. The fraction of sp³-hybridized carbons (Fsp3) is 0.476. The number of β-amino-alcohol motifs (C(OH)–C–C–N with tert-alkyl or cyclic N) is 1. The van der Waals surface area contributed by atoms with E-state index in [9.17, 15) is 10.2 Å². The number of benzene rings is 1. The van der Waals surface area contributed by atoms with Gasteiger partial charge in [0.05, 0.1) is 6.10 Å². The number of likely N-dealkylation sites (tertiary alicyclic amines) is 1. The summed E-state index contributed by atoms with van der Waals surface area (Å²) in [6.45, 7) is 4.59. The van der Waals surface area contributed by atoms with Gasteiger partial charge in [0, 0.05) is 49.5 Å². The largest absolute Gasteiger partial charge is 0.396 e. The number of aromatic nitrogens is 1. The molecule has 132 valence electrons. The van der Waals surface area contributed by atoms with Crippen LogP contribution in [0.15, 0.2) is 48.5 Å². The molecule has 0 amide bonds. The average Bonchev–Trinajstić information content (AvgIpc) is 3.16. The molecule has 1 saturated carbocycles. The molecule has 2 N–H and O–H groups in total. The first-order valence-corrected chi connectivity index (χ1v) is 9.14. The molecule has 4 heteroatoms. The van der Waals surface area contributed by atoms with E-state index in [1.54, 1.807) is 0 Å². The van der Waals surface area contributed by atoms with E-state index in [0.29, 0.717) is 6.54 Å². The maximum Gasteiger partial charge on any atom is 0.0745 e. The van der Waals surface area contributed by atoms with Crippen LogP contribution in [-0.4, -0.2) is 52.4 Å². The maximum atomic E-state index is 10.8. The topological polar surface area (TPSA) is 56.6 Å². The van der Waals surface area contributed by atoms with E-state index < -0.39 is 0 Å². The molecular formula is C21H26N2O2. The summed E-state index contributed by atoms with van der Waals surface area (Å²) >= 11 is 0. The van der Waals surface area contributed by atoms with Gasteiger partial charge in [-0.1, -0.05) is 36.4 Å². The van der Waals surface area contributed by atoms with Gasteiger partial charge in [-0.25, -0.2) is 0 Å². The smallest absolute Gasteiger partial charge is 0.0745 e. The van der Waals surface area contributed by atoms with Crippen LogP contribution in [0.25, 0.3) is 0 Å². The fourth-order valence-corrected chi connectivity index (χ4v) is 4.84. The third-order valence-corrected chi connectivity index (χ3v) is 6.10. The number of hydrogen-bond acceptors (Lipinski definition) is 4. The van der Waals surface area contributed by atoms with Gasteiger partial charge in [-0.2, -0.15) is 0 Å². The van der Waals surface area contributed by atoms with Gasteiger partial charge in [0.25, 0.3) is 0 Å². The highest BCUT2D eigenvalue weighted by Gasteiger charge is 2.70. The Morgan fingerprint density at radius 1 is 1.16 bits per heavy atom. The predicted octanol–water partition coefficient (Wildman–Crippen LogP) is 2.00. The highest BCUT2D eigenvalue weighted by molar-refractivity contribution is 5.36. The summed E-state index contributed by atoms with van der Waals surface area (Å²) in [5.41, 5.74) is 3.20. The lowest BCUT2D eigenvalue weighted by atomic mass is 9.95. The minimum atomic E-state index is -0.375. The second-order valence-corrected chi connectivity index (χ2v) is 7.56. The van der Waals surface area contributed by atoms with Crippen molar-refractivity contribution < 1.29 is 10.2 Å². The van der Waals surface area contributed by atoms with E-state index in [4.69, 9.17) is 0 Å². The third kappa shape index (κ3) is 2.88. The van der Waals surface area contributed by atoms with Crippen molar-refractivity contribution in [3.63, 3.8) is 0 Å². The molecule has 4 atom stereocenters. The summed E-state index contributed by atoms with van der Waals surface area (Å²) < 4.78 is 0. The number of nitrogens with zero attached hydrogens (tertiary/aromatic N) is 2. The second-order valence-electron chi connectivity index (χ2n) is 7.56. The fourth-order valence-electron chi connectivity index (χ4n) is 4.84. The van der Waals surface area contributed by atoms with E-state index in [1.807, 2.05) is 37.3 Å². The monoisotopic (exact) mass is 338 g/mol. The molecule has 2 heterocycles. The van der Waals surface area contributed by atoms with Gasteiger partial charge in [-0.15, -0.1) is 0 Å². The van der Waals surface area contributed by atoms with Crippen molar-refractivity contribution in [1.29, 1.82) is 0 Å². The van der Waals surface area contributed by atoms with Crippen LogP contribution < -0.4 is 0 Å². The first-order chi connectivity index (χ1) is 12.1. The number of aliphatic hydroxyl groups excluding tert-OH is 2. The van der Waals surface area contributed by atoms with Gasteiger partial charge in [-0.3, -0.25) is 9.88 Å². The molecule has 4 rings (SSSR count). The Morgan fingerprint density at radius 2 is 1.96 bits per heavy atom. The third-order valence-electron chi connectivity index (χ3n) is 6.10. The molecule has 2 fully saturated rings. The van der Waals surface area contributed by atoms with Gasteiger partial charge in [0.1, 0.15) is 0 Å². The molecule has 0 unspecified atom stereocenters. The summed E-state index contributed by atoms with van der Waals surface area (Å²) in [6, 6.07) is 16.5. The Kier molecular flexibility index (Phi) is 4.36. The molecule has 1 aliphatic heterocycles. The SMILES string of the molecule is Cc1cccc(CCN2C[C@@H](O)[C@@]3(C2)[C@H](CO)[C@H]3c2ccccc2)n1. The van der Waals surface area contributed by atoms with Crippen molar-refractivity contribution >= 4 is 0 Å². The Bertz CT molecular complexity index is 736. The summed E-state index contributed by atoms with van der Waals surface area (Å²) in [7, 11) is 0. The molecule has 1 aromatic heterocycles. The normalized spacial score (nSPS) is 31.6. The Balaban J connectivity index is 1.46. The van der Waals surface area contributed by atoms with E-state index in [0.717, 1.165) is 30.9 Å². The van der Waals surface area contributed by atoms with E-state index in [-0.39, 0.29) is 30.0 Å². The molecule has 2 aromatic rings. The van der Waals surface area contributed by atoms with E-state index in [2.05, 4.69) is 28.1 Å². The average molecular weight is 338 g/mol. The van der Waals surface area contributed by atoms with Gasteiger partial charge < -0.3 is 10.2 Å². The summed E-state index contributed by atoms with van der Waals surface area (Å²) in [4.78, 5) is 6.90. The van der Waals surface area contributed by atoms with Gasteiger partial charge in [0.2, 0.25) is 0 Å². The maximum absolute atomic E-state index is 10.8. The Labute approximate surface area is 149 Å². The number of pyridine rings is 1. The summed E-state index contributed by atoms with van der Waals surface area (Å²) in [5, 5.41) is 20.7. The van der Waals surface area contributed by atoms with E-state index in [1.165, 1.54) is 5.56 Å². The van der Waals surface area contributed by atoms with Crippen LogP contribution in [0.5, 0.6) is 0 Å². The van der Waals surface area contributed by atoms with Gasteiger partial charge in [0.15, 0.2) is 0 Å². The molecule has 0 bridgehead atoms. The van der Waals surface area contributed by atoms with Crippen LogP contribution in [0.3, 0.4) is 0 Å². The highest BCUT2D eigenvalue weighted by Crippen LogP contribution is 2.68.